The zero-order chi connectivity index (χ0) is 19.9. The van der Waals surface area contributed by atoms with Gasteiger partial charge in [0.15, 0.2) is 11.5 Å². The second-order valence-corrected chi connectivity index (χ2v) is 8.89. The van der Waals surface area contributed by atoms with Crippen molar-refractivity contribution in [1.82, 2.24) is 15.1 Å². The molecule has 0 amide bonds. The Morgan fingerprint density at radius 1 is 1.25 bits per heavy atom. The van der Waals surface area contributed by atoms with Crippen LogP contribution in [0.4, 0.5) is 5.69 Å². The fraction of sp³-hybridized carbons (Fsp3) is 0.600. The molecule has 150 valence electrons. The number of piperidine rings is 1. The average Bonchev–Trinajstić information content (AvgIpc) is 3.10. The number of nitrogens with zero attached hydrogens (tertiary/aromatic N) is 4. The molecule has 28 heavy (non-hydrogen) atoms. The van der Waals surface area contributed by atoms with E-state index in [0.717, 1.165) is 44.5 Å². The summed E-state index contributed by atoms with van der Waals surface area (Å²) in [5.41, 5.74) is 1.10. The van der Waals surface area contributed by atoms with Crippen LogP contribution in [0, 0.1) is 5.41 Å². The molecule has 8 heteroatoms. The van der Waals surface area contributed by atoms with E-state index in [1.54, 1.807) is 33.2 Å². The molecule has 4 rings (SSSR count). The fourth-order valence-electron chi connectivity index (χ4n) is 4.01. The van der Waals surface area contributed by atoms with Crippen molar-refractivity contribution in [3.63, 3.8) is 0 Å². The van der Waals surface area contributed by atoms with Gasteiger partial charge in [0.25, 0.3) is 0 Å². The first-order valence-electron chi connectivity index (χ1n) is 9.69. The summed E-state index contributed by atoms with van der Waals surface area (Å²) in [5, 5.41) is 13.5. The quantitative estimate of drug-likeness (QED) is 0.804. The first kappa shape index (κ1) is 18.9. The van der Waals surface area contributed by atoms with Gasteiger partial charge in [0.05, 0.1) is 24.2 Å². The largest absolute Gasteiger partial charge is 0.454 e. The topological polar surface area (TPSA) is 102 Å². The van der Waals surface area contributed by atoms with Gasteiger partial charge in [-0.25, -0.2) is 14.8 Å². The highest BCUT2D eigenvalue weighted by Gasteiger charge is 2.45. The molecule has 1 saturated carbocycles. The third-order valence-electron chi connectivity index (χ3n) is 5.50. The molecule has 1 aliphatic heterocycles. The van der Waals surface area contributed by atoms with Gasteiger partial charge < -0.3 is 19.3 Å². The molecular weight excluding hydrogens is 360 g/mol. The Morgan fingerprint density at radius 2 is 1.89 bits per heavy atom. The van der Waals surface area contributed by atoms with E-state index in [-0.39, 0.29) is 11.9 Å². The maximum absolute atomic E-state index is 12.0. The van der Waals surface area contributed by atoms with Crippen LogP contribution in [0.15, 0.2) is 23.0 Å². The number of ether oxygens (including phenoxy) is 1. The Kier molecular flexibility index (Phi) is 4.61. The van der Waals surface area contributed by atoms with Gasteiger partial charge in [0.2, 0.25) is 5.76 Å². The van der Waals surface area contributed by atoms with Crippen LogP contribution in [0.2, 0.25) is 0 Å². The number of aromatic nitrogens is 3. The van der Waals surface area contributed by atoms with E-state index in [2.05, 4.69) is 20.0 Å². The van der Waals surface area contributed by atoms with E-state index >= 15 is 0 Å². The monoisotopic (exact) mass is 386 g/mol. The molecule has 0 aromatic carbocycles. The molecule has 2 aromatic rings. The van der Waals surface area contributed by atoms with E-state index < -0.39 is 11.6 Å². The summed E-state index contributed by atoms with van der Waals surface area (Å²) in [6, 6.07) is 1.50. The van der Waals surface area contributed by atoms with Gasteiger partial charge in [-0.3, -0.25) is 0 Å². The van der Waals surface area contributed by atoms with Gasteiger partial charge >= 0.3 is 5.97 Å². The fourth-order valence-corrected chi connectivity index (χ4v) is 4.01. The second kappa shape index (κ2) is 6.84. The van der Waals surface area contributed by atoms with Crippen LogP contribution in [-0.2, 0) is 4.74 Å². The van der Waals surface area contributed by atoms with Crippen LogP contribution in [-0.4, -0.2) is 51.0 Å². The Bertz CT molecular complexity index is 840. The van der Waals surface area contributed by atoms with Crippen molar-refractivity contribution < 1.29 is 19.2 Å². The Labute approximate surface area is 163 Å². The third-order valence-corrected chi connectivity index (χ3v) is 5.50. The molecule has 0 bridgehead atoms. The summed E-state index contributed by atoms with van der Waals surface area (Å²) in [6.45, 7) is 7.27. The van der Waals surface area contributed by atoms with Crippen LogP contribution < -0.4 is 4.90 Å². The number of aliphatic hydroxyl groups excluding tert-OH is 1. The van der Waals surface area contributed by atoms with Crippen molar-refractivity contribution in [3.8, 4) is 11.5 Å². The highest BCUT2D eigenvalue weighted by atomic mass is 16.6. The van der Waals surface area contributed by atoms with Gasteiger partial charge in [-0.05, 0) is 51.9 Å². The molecule has 2 fully saturated rings. The average molecular weight is 386 g/mol. The van der Waals surface area contributed by atoms with E-state index in [0.29, 0.717) is 16.9 Å². The standard InChI is InChI=1S/C20H26N4O4/c1-19(2,3)27-18(26)16-8-15(23-28-16)17-21-11-13(12-22-17)24-6-4-20(5-7-24)9-14(25)10-20/h8,11-12,14,25H,4-7,9-10H2,1-3H3. The van der Waals surface area contributed by atoms with Crippen LogP contribution in [0.1, 0.15) is 57.0 Å². The normalized spacial score (nSPS) is 19.5. The molecule has 1 N–H and O–H groups in total. The molecule has 0 unspecified atom stereocenters. The predicted octanol–water partition coefficient (Wildman–Crippen LogP) is 2.83. The summed E-state index contributed by atoms with van der Waals surface area (Å²) >= 11 is 0. The summed E-state index contributed by atoms with van der Waals surface area (Å²) in [6.07, 6.45) is 7.49. The van der Waals surface area contributed by atoms with Crippen molar-refractivity contribution in [2.75, 3.05) is 18.0 Å². The summed E-state index contributed by atoms with van der Waals surface area (Å²) in [7, 11) is 0. The number of carbonyl (C=O) groups is 1. The van der Waals surface area contributed by atoms with E-state index in [1.165, 1.54) is 6.07 Å². The molecular formula is C20H26N4O4. The number of anilines is 1. The summed E-state index contributed by atoms with van der Waals surface area (Å²) in [5.74, 6) is -0.134. The molecule has 3 heterocycles. The van der Waals surface area contributed by atoms with Gasteiger partial charge in [-0.15, -0.1) is 0 Å². The molecule has 0 radical (unpaired) electrons. The van der Waals surface area contributed by atoms with Crippen molar-refractivity contribution >= 4 is 11.7 Å². The lowest BCUT2D eigenvalue weighted by atomic mass is 9.61. The van der Waals surface area contributed by atoms with E-state index in [9.17, 15) is 9.90 Å². The van der Waals surface area contributed by atoms with E-state index in [4.69, 9.17) is 9.26 Å². The minimum atomic E-state index is -0.604. The Hall–Kier alpha value is -2.48. The van der Waals surface area contributed by atoms with Crippen LogP contribution in [0.3, 0.4) is 0 Å². The summed E-state index contributed by atoms with van der Waals surface area (Å²) in [4.78, 5) is 23.1. The number of rotatable bonds is 3. The maximum atomic E-state index is 12.0. The van der Waals surface area contributed by atoms with Gasteiger partial charge in [-0.1, -0.05) is 5.16 Å². The number of hydrogen-bond donors (Lipinski definition) is 1. The van der Waals surface area contributed by atoms with Gasteiger partial charge in [-0.2, -0.15) is 0 Å². The Morgan fingerprint density at radius 3 is 2.46 bits per heavy atom. The lowest BCUT2D eigenvalue weighted by Gasteiger charge is -2.50. The molecule has 1 saturated heterocycles. The maximum Gasteiger partial charge on any atom is 0.377 e. The van der Waals surface area contributed by atoms with Crippen molar-refractivity contribution in [2.24, 2.45) is 5.41 Å². The number of aliphatic hydroxyl groups is 1. The first-order chi connectivity index (χ1) is 13.2. The van der Waals surface area contributed by atoms with Crippen LogP contribution in [0.25, 0.3) is 11.5 Å². The zero-order valence-corrected chi connectivity index (χ0v) is 16.5. The minimum absolute atomic E-state index is 0.0293. The van der Waals surface area contributed by atoms with Crippen molar-refractivity contribution in [2.45, 2.75) is 58.2 Å². The van der Waals surface area contributed by atoms with Crippen molar-refractivity contribution in [1.29, 1.82) is 0 Å². The molecule has 8 nitrogen and oxygen atoms in total. The molecule has 1 aliphatic carbocycles. The number of carbonyl (C=O) groups excluding carboxylic acids is 1. The molecule has 0 atom stereocenters. The van der Waals surface area contributed by atoms with Crippen molar-refractivity contribution in [3.05, 3.63) is 24.2 Å². The number of esters is 1. The van der Waals surface area contributed by atoms with Crippen LogP contribution in [0.5, 0.6) is 0 Å². The zero-order valence-electron chi connectivity index (χ0n) is 16.5. The summed E-state index contributed by atoms with van der Waals surface area (Å²) < 4.78 is 10.4. The number of hydrogen-bond acceptors (Lipinski definition) is 8. The van der Waals surface area contributed by atoms with Gasteiger partial charge in [0, 0.05) is 19.2 Å². The SMILES string of the molecule is CC(C)(C)OC(=O)c1cc(-c2ncc(N3CCC4(CC3)CC(O)C4)cn2)no1. The Balaban J connectivity index is 1.39. The molecule has 1 spiro atoms. The lowest BCUT2D eigenvalue weighted by molar-refractivity contribution is -0.0464. The highest BCUT2D eigenvalue weighted by molar-refractivity contribution is 5.87. The first-order valence-corrected chi connectivity index (χ1v) is 9.69. The minimum Gasteiger partial charge on any atom is -0.454 e. The third kappa shape index (κ3) is 3.87. The predicted molar refractivity (Wildman–Crippen MR) is 102 cm³/mol. The van der Waals surface area contributed by atoms with E-state index in [1.807, 2.05) is 0 Å². The molecule has 2 aromatic heterocycles. The smallest absolute Gasteiger partial charge is 0.377 e. The lowest BCUT2D eigenvalue weighted by Crippen LogP contribution is -2.49. The molecule has 2 aliphatic rings. The highest BCUT2D eigenvalue weighted by Crippen LogP contribution is 2.49. The second-order valence-electron chi connectivity index (χ2n) is 8.89. The van der Waals surface area contributed by atoms with Crippen LogP contribution >= 0.6 is 0 Å². The van der Waals surface area contributed by atoms with Gasteiger partial charge in [0.1, 0.15) is 5.60 Å².